The van der Waals surface area contributed by atoms with Crippen LogP contribution in [0.2, 0.25) is 0 Å². The molecule has 0 amide bonds. The van der Waals surface area contributed by atoms with Gasteiger partial charge in [-0.15, -0.1) is 0 Å². The first-order valence-electron chi connectivity index (χ1n) is 5.51. The van der Waals surface area contributed by atoms with Crippen molar-refractivity contribution in [3.05, 3.63) is 0 Å². The Kier molecular flexibility index (Phi) is 2.40. The van der Waals surface area contributed by atoms with E-state index in [1.807, 2.05) is 0 Å². The van der Waals surface area contributed by atoms with Crippen molar-refractivity contribution in [1.82, 2.24) is 4.90 Å². The molecular weight excluding hydrogens is 146 g/mol. The maximum Gasteiger partial charge on any atom is 0.0136 e. The number of rotatable bonds is 3. The predicted molar refractivity (Wildman–Crippen MR) is 52.2 cm³/mol. The third-order valence-corrected chi connectivity index (χ3v) is 3.55. The molecule has 0 aromatic heterocycles. The molecule has 1 saturated heterocycles. The van der Waals surface area contributed by atoms with Crippen molar-refractivity contribution in [3.63, 3.8) is 0 Å². The zero-order chi connectivity index (χ0) is 8.55. The van der Waals surface area contributed by atoms with Gasteiger partial charge in [0.05, 0.1) is 0 Å². The van der Waals surface area contributed by atoms with E-state index >= 15 is 0 Å². The van der Waals surface area contributed by atoms with Crippen LogP contribution in [-0.4, -0.2) is 24.0 Å². The minimum atomic E-state index is 0.880. The largest absolute Gasteiger partial charge is 0.300 e. The molecule has 1 aliphatic heterocycles. The van der Waals surface area contributed by atoms with Crippen LogP contribution < -0.4 is 0 Å². The molecule has 12 heavy (non-hydrogen) atoms. The molecule has 0 N–H and O–H groups in total. The van der Waals surface area contributed by atoms with E-state index in [1.165, 1.54) is 38.8 Å². The van der Waals surface area contributed by atoms with Crippen LogP contribution in [0.15, 0.2) is 0 Å². The van der Waals surface area contributed by atoms with Gasteiger partial charge in [-0.2, -0.15) is 0 Å². The Labute approximate surface area is 76.1 Å². The summed E-state index contributed by atoms with van der Waals surface area (Å²) in [6.45, 7) is 7.42. The van der Waals surface area contributed by atoms with Crippen molar-refractivity contribution < 1.29 is 0 Å². The average molecular weight is 167 g/mol. The quantitative estimate of drug-likeness (QED) is 0.624. The van der Waals surface area contributed by atoms with Crippen LogP contribution >= 0.6 is 0 Å². The third-order valence-electron chi connectivity index (χ3n) is 3.55. The predicted octanol–water partition coefficient (Wildman–Crippen LogP) is 2.52. The summed E-state index contributed by atoms with van der Waals surface area (Å²) in [5.74, 6) is 1.97. The summed E-state index contributed by atoms with van der Waals surface area (Å²) in [4.78, 5) is 2.71. The molecule has 70 valence electrons. The van der Waals surface area contributed by atoms with Gasteiger partial charge in [0.1, 0.15) is 0 Å². The maximum absolute atomic E-state index is 2.71. The topological polar surface area (TPSA) is 3.24 Å². The van der Waals surface area contributed by atoms with Crippen molar-refractivity contribution in [3.8, 4) is 0 Å². The minimum absolute atomic E-state index is 0.880. The molecule has 1 heteroatoms. The van der Waals surface area contributed by atoms with Gasteiger partial charge in [0, 0.05) is 12.6 Å². The Bertz CT molecular complexity index is 153. The molecule has 1 aliphatic carbocycles. The summed E-state index contributed by atoms with van der Waals surface area (Å²) in [7, 11) is 0. The van der Waals surface area contributed by atoms with E-state index in [2.05, 4.69) is 18.7 Å². The molecule has 0 bridgehead atoms. The van der Waals surface area contributed by atoms with Crippen LogP contribution in [0, 0.1) is 11.8 Å². The van der Waals surface area contributed by atoms with Crippen LogP contribution in [0.3, 0.4) is 0 Å². The second-order valence-corrected chi connectivity index (χ2v) is 4.94. The Morgan fingerprint density at radius 2 is 2.17 bits per heavy atom. The van der Waals surface area contributed by atoms with E-state index in [9.17, 15) is 0 Å². The molecule has 2 fully saturated rings. The van der Waals surface area contributed by atoms with E-state index in [4.69, 9.17) is 0 Å². The molecule has 0 aromatic rings. The van der Waals surface area contributed by atoms with Gasteiger partial charge in [-0.3, -0.25) is 4.90 Å². The average Bonchev–Trinajstić information content (AvgIpc) is 2.32. The van der Waals surface area contributed by atoms with E-state index in [-0.39, 0.29) is 0 Å². The van der Waals surface area contributed by atoms with E-state index < -0.39 is 0 Å². The lowest BCUT2D eigenvalue weighted by Gasteiger charge is -2.45. The molecule has 1 heterocycles. The van der Waals surface area contributed by atoms with Crippen LogP contribution in [0.4, 0.5) is 0 Å². The van der Waals surface area contributed by atoms with Gasteiger partial charge < -0.3 is 0 Å². The Balaban J connectivity index is 1.70. The summed E-state index contributed by atoms with van der Waals surface area (Å²) < 4.78 is 0. The third kappa shape index (κ3) is 1.52. The van der Waals surface area contributed by atoms with Crippen molar-refractivity contribution in [2.45, 2.75) is 45.6 Å². The van der Waals surface area contributed by atoms with Crippen molar-refractivity contribution in [2.75, 3.05) is 13.1 Å². The fraction of sp³-hybridized carbons (Fsp3) is 1.00. The number of hydrogen-bond acceptors (Lipinski definition) is 1. The number of hydrogen-bond donors (Lipinski definition) is 0. The Morgan fingerprint density at radius 3 is 2.83 bits per heavy atom. The monoisotopic (exact) mass is 167 g/mol. The van der Waals surface area contributed by atoms with Crippen molar-refractivity contribution in [1.29, 1.82) is 0 Å². The number of nitrogens with zero attached hydrogens (tertiary/aromatic N) is 1. The summed E-state index contributed by atoms with van der Waals surface area (Å²) in [5, 5.41) is 0. The SMILES string of the molecule is CC(C)CCN1CC2CCCC21. The summed E-state index contributed by atoms with van der Waals surface area (Å²) in [5.41, 5.74) is 0. The van der Waals surface area contributed by atoms with Gasteiger partial charge >= 0.3 is 0 Å². The molecule has 1 nitrogen and oxygen atoms in total. The molecule has 2 aliphatic rings. The van der Waals surface area contributed by atoms with Gasteiger partial charge in [-0.05, 0) is 37.6 Å². The normalized spacial score (nSPS) is 35.2. The zero-order valence-electron chi connectivity index (χ0n) is 8.42. The molecular formula is C11H21N. The van der Waals surface area contributed by atoms with Gasteiger partial charge in [0.15, 0.2) is 0 Å². The zero-order valence-corrected chi connectivity index (χ0v) is 8.42. The first-order chi connectivity index (χ1) is 5.77. The minimum Gasteiger partial charge on any atom is -0.300 e. The van der Waals surface area contributed by atoms with E-state index in [0.29, 0.717) is 0 Å². The second kappa shape index (κ2) is 3.37. The van der Waals surface area contributed by atoms with E-state index in [1.54, 1.807) is 0 Å². The van der Waals surface area contributed by atoms with E-state index in [0.717, 1.165) is 17.9 Å². The smallest absolute Gasteiger partial charge is 0.0136 e. The summed E-state index contributed by atoms with van der Waals surface area (Å²) in [6, 6.07) is 1.00. The highest BCUT2D eigenvalue weighted by Crippen LogP contribution is 2.38. The van der Waals surface area contributed by atoms with Gasteiger partial charge in [0.2, 0.25) is 0 Å². The first-order valence-corrected chi connectivity index (χ1v) is 5.51. The fourth-order valence-corrected chi connectivity index (χ4v) is 2.69. The fourth-order valence-electron chi connectivity index (χ4n) is 2.69. The maximum atomic E-state index is 2.71. The molecule has 1 saturated carbocycles. The standard InChI is InChI=1S/C11H21N/c1-9(2)6-7-12-8-10-4-3-5-11(10)12/h9-11H,3-8H2,1-2H3. The van der Waals surface area contributed by atoms with Crippen LogP contribution in [-0.2, 0) is 0 Å². The first kappa shape index (κ1) is 8.55. The molecule has 0 radical (unpaired) electrons. The molecule has 2 atom stereocenters. The lowest BCUT2D eigenvalue weighted by molar-refractivity contribution is 0.0345. The lowest BCUT2D eigenvalue weighted by Crippen LogP contribution is -2.53. The van der Waals surface area contributed by atoms with Gasteiger partial charge in [0.25, 0.3) is 0 Å². The second-order valence-electron chi connectivity index (χ2n) is 4.94. The van der Waals surface area contributed by atoms with Gasteiger partial charge in [-0.1, -0.05) is 20.3 Å². The Hall–Kier alpha value is -0.0400. The van der Waals surface area contributed by atoms with Crippen LogP contribution in [0.5, 0.6) is 0 Å². The molecule has 2 unspecified atom stereocenters. The molecule has 2 rings (SSSR count). The number of fused-ring (bicyclic) bond motifs is 1. The highest BCUT2D eigenvalue weighted by Gasteiger charge is 2.41. The lowest BCUT2D eigenvalue weighted by atomic mass is 9.91. The molecule has 0 spiro atoms. The molecule has 0 aromatic carbocycles. The Morgan fingerprint density at radius 1 is 1.33 bits per heavy atom. The van der Waals surface area contributed by atoms with Crippen molar-refractivity contribution in [2.24, 2.45) is 11.8 Å². The van der Waals surface area contributed by atoms with Crippen LogP contribution in [0.1, 0.15) is 39.5 Å². The summed E-state index contributed by atoms with van der Waals surface area (Å²) >= 11 is 0. The van der Waals surface area contributed by atoms with Crippen LogP contribution in [0.25, 0.3) is 0 Å². The van der Waals surface area contributed by atoms with Crippen molar-refractivity contribution >= 4 is 0 Å². The highest BCUT2D eigenvalue weighted by molar-refractivity contribution is 4.95. The number of likely N-dealkylation sites (tertiary alicyclic amines) is 1. The highest BCUT2D eigenvalue weighted by atomic mass is 15.2. The van der Waals surface area contributed by atoms with Gasteiger partial charge in [-0.25, -0.2) is 0 Å². The summed E-state index contributed by atoms with van der Waals surface area (Å²) in [6.07, 6.45) is 5.89.